The normalized spacial score (nSPS) is 8.67. The van der Waals surface area contributed by atoms with Crippen LogP contribution in [0.15, 0.2) is 18.6 Å². The Balaban J connectivity index is 0.000000605. The van der Waals surface area contributed by atoms with Crippen LogP contribution in [0.1, 0.15) is 0 Å². The molecular formula is C6H8Cl2N4. The molecule has 6 heteroatoms. The number of anilines is 1. The first-order chi connectivity index (χ1) is 4.88. The number of aromatic nitrogens is 3. The van der Waals surface area contributed by atoms with Crippen LogP contribution in [0.4, 0.5) is 5.69 Å². The number of hydrogen-bond donors (Lipinski definition) is 2. The topological polar surface area (TPSA) is 67.6 Å². The van der Waals surface area contributed by atoms with E-state index in [9.17, 15) is 0 Å². The van der Waals surface area contributed by atoms with E-state index in [1.807, 2.05) is 0 Å². The number of fused-ring (bicyclic) bond motifs is 1. The van der Waals surface area contributed by atoms with Crippen molar-refractivity contribution in [3.8, 4) is 0 Å². The van der Waals surface area contributed by atoms with Gasteiger partial charge in [-0.15, -0.1) is 24.8 Å². The van der Waals surface area contributed by atoms with Gasteiger partial charge in [0.05, 0.1) is 18.1 Å². The maximum Gasteiger partial charge on any atom is 0.112 e. The van der Waals surface area contributed by atoms with Crippen LogP contribution < -0.4 is 5.73 Å². The highest BCUT2D eigenvalue weighted by molar-refractivity contribution is 5.88. The zero-order valence-electron chi connectivity index (χ0n) is 6.02. The summed E-state index contributed by atoms with van der Waals surface area (Å²) in [6, 6.07) is 0. The molecule has 2 aromatic heterocycles. The molecule has 0 amide bonds. The predicted molar refractivity (Wildman–Crippen MR) is 52.8 cm³/mol. The highest BCUT2D eigenvalue weighted by atomic mass is 35.5. The van der Waals surface area contributed by atoms with E-state index in [0.29, 0.717) is 5.69 Å². The molecule has 2 aromatic rings. The predicted octanol–water partition coefficient (Wildman–Crippen LogP) is 1.38. The van der Waals surface area contributed by atoms with E-state index in [1.165, 1.54) is 0 Å². The Morgan fingerprint density at radius 2 is 2.00 bits per heavy atom. The third-order valence-corrected chi connectivity index (χ3v) is 1.39. The third-order valence-electron chi connectivity index (χ3n) is 1.39. The number of nitrogens with one attached hydrogen (secondary N) is 1. The molecule has 0 spiro atoms. The van der Waals surface area contributed by atoms with Crippen molar-refractivity contribution in [1.82, 2.24) is 15.2 Å². The summed E-state index contributed by atoms with van der Waals surface area (Å²) < 4.78 is 0. The Morgan fingerprint density at radius 3 is 2.67 bits per heavy atom. The van der Waals surface area contributed by atoms with Gasteiger partial charge in [-0.25, -0.2) is 0 Å². The molecule has 0 fully saturated rings. The standard InChI is InChI=1S/C6H6N4.2ClH/c7-5-2-8-3-6-4(5)1-9-10-6;;/h1-3H,7H2,(H,9,10);2*1H. The van der Waals surface area contributed by atoms with Crippen molar-refractivity contribution in [2.45, 2.75) is 0 Å². The SMILES string of the molecule is Cl.Cl.Nc1cncc2n[nH]cc12. The number of rotatable bonds is 0. The van der Waals surface area contributed by atoms with Gasteiger partial charge in [0.1, 0.15) is 5.52 Å². The Bertz CT molecular complexity index is 359. The molecule has 0 radical (unpaired) electrons. The van der Waals surface area contributed by atoms with Crippen LogP contribution in [0, 0.1) is 0 Å². The first-order valence-corrected chi connectivity index (χ1v) is 2.91. The molecule has 4 nitrogen and oxygen atoms in total. The lowest BCUT2D eigenvalue weighted by Gasteiger charge is -1.89. The van der Waals surface area contributed by atoms with E-state index in [4.69, 9.17) is 5.73 Å². The number of aromatic amines is 1. The molecule has 0 aliphatic heterocycles. The highest BCUT2D eigenvalue weighted by Crippen LogP contribution is 2.14. The molecule has 0 saturated heterocycles. The summed E-state index contributed by atoms with van der Waals surface area (Å²) >= 11 is 0. The fraction of sp³-hybridized carbons (Fsp3) is 0. The van der Waals surface area contributed by atoms with E-state index < -0.39 is 0 Å². The van der Waals surface area contributed by atoms with Gasteiger partial charge >= 0.3 is 0 Å². The largest absolute Gasteiger partial charge is 0.397 e. The second-order valence-corrected chi connectivity index (χ2v) is 2.05. The van der Waals surface area contributed by atoms with E-state index in [1.54, 1.807) is 18.6 Å². The molecule has 2 rings (SSSR count). The summed E-state index contributed by atoms with van der Waals surface area (Å²) in [5.41, 5.74) is 7.04. The van der Waals surface area contributed by atoms with Crippen molar-refractivity contribution in [2.75, 3.05) is 5.73 Å². The Labute approximate surface area is 81.4 Å². The van der Waals surface area contributed by atoms with Crippen molar-refractivity contribution < 1.29 is 0 Å². The molecule has 0 atom stereocenters. The van der Waals surface area contributed by atoms with Crippen LogP contribution in [-0.2, 0) is 0 Å². The number of hydrogen-bond acceptors (Lipinski definition) is 3. The lowest BCUT2D eigenvalue weighted by Crippen LogP contribution is -1.85. The van der Waals surface area contributed by atoms with Crippen LogP contribution in [0.25, 0.3) is 10.9 Å². The van der Waals surface area contributed by atoms with Crippen LogP contribution in [0.3, 0.4) is 0 Å². The monoisotopic (exact) mass is 206 g/mol. The molecular weight excluding hydrogens is 199 g/mol. The maximum absolute atomic E-state index is 5.58. The number of nitrogens with zero attached hydrogens (tertiary/aromatic N) is 2. The second kappa shape index (κ2) is 4.13. The van der Waals surface area contributed by atoms with Gasteiger partial charge in [-0.2, -0.15) is 5.10 Å². The van der Waals surface area contributed by atoms with Gasteiger partial charge in [-0.3, -0.25) is 10.1 Å². The minimum atomic E-state index is 0. The second-order valence-electron chi connectivity index (χ2n) is 2.05. The summed E-state index contributed by atoms with van der Waals surface area (Å²) in [6.07, 6.45) is 5.03. The minimum Gasteiger partial charge on any atom is -0.397 e. The summed E-state index contributed by atoms with van der Waals surface area (Å²) in [5.74, 6) is 0. The molecule has 0 aliphatic carbocycles. The van der Waals surface area contributed by atoms with Gasteiger partial charge in [0.2, 0.25) is 0 Å². The summed E-state index contributed by atoms with van der Waals surface area (Å²) in [4.78, 5) is 3.88. The van der Waals surface area contributed by atoms with Crippen LogP contribution in [0.5, 0.6) is 0 Å². The summed E-state index contributed by atoms with van der Waals surface area (Å²) in [7, 11) is 0. The number of nitrogens with two attached hydrogens (primary N) is 1. The molecule has 0 saturated carbocycles. The highest BCUT2D eigenvalue weighted by Gasteiger charge is 1.97. The van der Waals surface area contributed by atoms with Crippen LogP contribution in [0.2, 0.25) is 0 Å². The van der Waals surface area contributed by atoms with Crippen LogP contribution >= 0.6 is 24.8 Å². The molecule has 12 heavy (non-hydrogen) atoms. The van der Waals surface area contributed by atoms with Crippen molar-refractivity contribution in [3.05, 3.63) is 18.6 Å². The lowest BCUT2D eigenvalue weighted by molar-refractivity contribution is 1.11. The molecule has 0 unspecified atom stereocenters. The van der Waals surface area contributed by atoms with Crippen molar-refractivity contribution >= 4 is 41.4 Å². The van der Waals surface area contributed by atoms with Gasteiger partial charge in [0.15, 0.2) is 0 Å². The minimum absolute atomic E-state index is 0. The van der Waals surface area contributed by atoms with Crippen molar-refractivity contribution in [2.24, 2.45) is 0 Å². The first kappa shape index (κ1) is 11.0. The third kappa shape index (κ3) is 1.60. The first-order valence-electron chi connectivity index (χ1n) is 2.91. The average molecular weight is 207 g/mol. The number of H-pyrrole nitrogens is 1. The number of nitrogen functional groups attached to an aromatic ring is 1. The van der Waals surface area contributed by atoms with Gasteiger partial charge < -0.3 is 5.73 Å². The van der Waals surface area contributed by atoms with Crippen LogP contribution in [-0.4, -0.2) is 15.2 Å². The zero-order chi connectivity index (χ0) is 6.97. The van der Waals surface area contributed by atoms with Crippen molar-refractivity contribution in [1.29, 1.82) is 0 Å². The molecule has 0 bridgehead atoms. The Morgan fingerprint density at radius 1 is 1.25 bits per heavy atom. The van der Waals surface area contributed by atoms with Gasteiger partial charge in [0.25, 0.3) is 0 Å². The smallest absolute Gasteiger partial charge is 0.112 e. The van der Waals surface area contributed by atoms with E-state index in [-0.39, 0.29) is 24.8 Å². The quantitative estimate of drug-likeness (QED) is 0.685. The fourth-order valence-electron chi connectivity index (χ4n) is 0.888. The average Bonchev–Trinajstić information content (AvgIpc) is 2.36. The Kier molecular flexibility index (Phi) is 3.79. The number of halogens is 2. The molecule has 0 aromatic carbocycles. The van der Waals surface area contributed by atoms with Gasteiger partial charge in [-0.1, -0.05) is 0 Å². The van der Waals surface area contributed by atoms with Gasteiger partial charge in [-0.05, 0) is 0 Å². The van der Waals surface area contributed by atoms with Crippen molar-refractivity contribution in [3.63, 3.8) is 0 Å². The lowest BCUT2D eigenvalue weighted by atomic mass is 10.3. The fourth-order valence-corrected chi connectivity index (χ4v) is 0.888. The zero-order valence-corrected chi connectivity index (χ0v) is 7.65. The summed E-state index contributed by atoms with van der Waals surface area (Å²) in [5, 5.41) is 7.55. The molecule has 3 N–H and O–H groups in total. The molecule has 0 aliphatic rings. The summed E-state index contributed by atoms with van der Waals surface area (Å²) in [6.45, 7) is 0. The Hall–Kier alpha value is -1.00. The van der Waals surface area contributed by atoms with Gasteiger partial charge in [0, 0.05) is 11.6 Å². The number of pyridine rings is 1. The maximum atomic E-state index is 5.58. The van der Waals surface area contributed by atoms with E-state index in [0.717, 1.165) is 10.9 Å². The van der Waals surface area contributed by atoms with E-state index in [2.05, 4.69) is 15.2 Å². The molecule has 66 valence electrons. The van der Waals surface area contributed by atoms with E-state index >= 15 is 0 Å². The molecule has 2 heterocycles.